The molecule has 0 saturated carbocycles. The summed E-state index contributed by atoms with van der Waals surface area (Å²) in [5.74, 6) is 0. The van der Waals surface area contributed by atoms with Crippen LogP contribution in [0.1, 0.15) is 16.0 Å². The van der Waals surface area contributed by atoms with Crippen molar-refractivity contribution >= 4 is 44.9 Å². The number of hydrogen-bond donors (Lipinski definition) is 0. The molecule has 1 aromatic carbocycles. The number of nitrogens with zero attached hydrogens (tertiary/aromatic N) is 2. The molecule has 0 aliphatic heterocycles. The molecule has 2 nitrogen and oxygen atoms in total. The molecular formula is C15H13ClN2S2. The predicted molar refractivity (Wildman–Crippen MR) is 87.2 cm³/mol. The fourth-order valence-electron chi connectivity index (χ4n) is 1.96. The van der Waals surface area contributed by atoms with Gasteiger partial charge >= 0.3 is 0 Å². The minimum absolute atomic E-state index is 0.311. The average Bonchev–Trinajstić information content (AvgIpc) is 2.74. The first-order valence-electron chi connectivity index (χ1n) is 6.22. The summed E-state index contributed by atoms with van der Waals surface area (Å²) in [7, 11) is 0. The molecule has 0 radical (unpaired) electrons. The normalized spacial score (nSPS) is 11.2. The number of aryl methyl sites for hydroxylation is 3. The van der Waals surface area contributed by atoms with Gasteiger partial charge in [-0.1, -0.05) is 17.8 Å². The minimum Gasteiger partial charge on any atom is -0.210 e. The number of aromatic nitrogens is 2. The van der Waals surface area contributed by atoms with Crippen LogP contribution in [0.4, 0.5) is 0 Å². The van der Waals surface area contributed by atoms with Crippen molar-refractivity contribution in [3.8, 4) is 0 Å². The van der Waals surface area contributed by atoms with Gasteiger partial charge in [0.1, 0.15) is 9.86 Å². The van der Waals surface area contributed by atoms with Crippen LogP contribution < -0.4 is 0 Å². The van der Waals surface area contributed by atoms with E-state index in [-0.39, 0.29) is 0 Å². The summed E-state index contributed by atoms with van der Waals surface area (Å²) in [5.41, 5.74) is 2.58. The van der Waals surface area contributed by atoms with Gasteiger partial charge in [0.15, 0.2) is 0 Å². The van der Waals surface area contributed by atoms with E-state index >= 15 is 0 Å². The Morgan fingerprint density at radius 3 is 2.60 bits per heavy atom. The first kappa shape index (κ1) is 13.9. The van der Waals surface area contributed by atoms with Crippen molar-refractivity contribution in [1.29, 1.82) is 0 Å². The summed E-state index contributed by atoms with van der Waals surface area (Å²) in [4.78, 5) is 12.0. The Hall–Kier alpha value is -1.10. The lowest BCUT2D eigenvalue weighted by atomic mass is 10.1. The van der Waals surface area contributed by atoms with Gasteiger partial charge in [-0.3, -0.25) is 0 Å². The van der Waals surface area contributed by atoms with Gasteiger partial charge in [0.25, 0.3) is 0 Å². The topological polar surface area (TPSA) is 25.8 Å². The summed E-state index contributed by atoms with van der Waals surface area (Å²) in [6.07, 6.45) is 0. The molecular weight excluding hydrogens is 308 g/mol. The zero-order valence-corrected chi connectivity index (χ0v) is 13.8. The third-order valence-electron chi connectivity index (χ3n) is 3.15. The van der Waals surface area contributed by atoms with Gasteiger partial charge in [-0.25, -0.2) is 9.97 Å². The molecule has 3 rings (SSSR count). The molecule has 3 aromatic rings. The molecule has 0 unspecified atom stereocenters. The van der Waals surface area contributed by atoms with Crippen molar-refractivity contribution in [2.75, 3.05) is 0 Å². The van der Waals surface area contributed by atoms with Crippen LogP contribution in [0.2, 0.25) is 5.28 Å². The van der Waals surface area contributed by atoms with E-state index in [0.29, 0.717) is 5.28 Å². The first-order chi connectivity index (χ1) is 9.52. The summed E-state index contributed by atoms with van der Waals surface area (Å²) in [5, 5.41) is 2.32. The van der Waals surface area contributed by atoms with Gasteiger partial charge < -0.3 is 0 Å². The van der Waals surface area contributed by atoms with Crippen molar-refractivity contribution in [3.05, 3.63) is 45.6 Å². The molecule has 0 aliphatic rings. The van der Waals surface area contributed by atoms with Crippen LogP contribution in [0.3, 0.4) is 0 Å². The zero-order chi connectivity index (χ0) is 14.3. The lowest BCUT2D eigenvalue weighted by Gasteiger charge is -2.05. The van der Waals surface area contributed by atoms with E-state index in [1.807, 2.05) is 0 Å². The second kappa shape index (κ2) is 5.35. The first-order valence-corrected chi connectivity index (χ1v) is 8.23. The lowest BCUT2D eigenvalue weighted by molar-refractivity contribution is 1.11. The molecule has 5 heteroatoms. The molecule has 0 bridgehead atoms. The Morgan fingerprint density at radius 1 is 1.05 bits per heavy atom. The van der Waals surface area contributed by atoms with E-state index < -0.39 is 0 Å². The highest BCUT2D eigenvalue weighted by molar-refractivity contribution is 7.99. The van der Waals surface area contributed by atoms with Crippen LogP contribution in [-0.4, -0.2) is 9.97 Å². The molecule has 20 heavy (non-hydrogen) atoms. The molecule has 0 aliphatic carbocycles. The SMILES string of the molecule is Cc1cc2c(Sc3ccc(C)c(C)c3)nc(Cl)nc2s1. The maximum atomic E-state index is 6.03. The van der Waals surface area contributed by atoms with Crippen LogP contribution in [-0.2, 0) is 0 Å². The van der Waals surface area contributed by atoms with Gasteiger partial charge in [-0.2, -0.15) is 0 Å². The summed E-state index contributed by atoms with van der Waals surface area (Å²) < 4.78 is 0. The largest absolute Gasteiger partial charge is 0.224 e. The number of fused-ring (bicyclic) bond motifs is 1. The van der Waals surface area contributed by atoms with E-state index in [1.165, 1.54) is 20.9 Å². The molecule has 0 spiro atoms. The van der Waals surface area contributed by atoms with Crippen molar-refractivity contribution in [2.24, 2.45) is 0 Å². The molecule has 0 atom stereocenters. The van der Waals surface area contributed by atoms with E-state index in [9.17, 15) is 0 Å². The second-order valence-corrected chi connectivity index (χ2v) is 7.36. The van der Waals surface area contributed by atoms with Gasteiger partial charge in [0, 0.05) is 15.2 Å². The van der Waals surface area contributed by atoms with E-state index in [0.717, 1.165) is 15.2 Å². The highest BCUT2D eigenvalue weighted by atomic mass is 35.5. The van der Waals surface area contributed by atoms with Gasteiger partial charge in [-0.05, 0) is 61.7 Å². The average molecular weight is 321 g/mol. The zero-order valence-electron chi connectivity index (χ0n) is 11.4. The Kier molecular flexibility index (Phi) is 3.71. The minimum atomic E-state index is 0.311. The highest BCUT2D eigenvalue weighted by Gasteiger charge is 2.11. The summed E-state index contributed by atoms with van der Waals surface area (Å²) >= 11 is 9.31. The van der Waals surface area contributed by atoms with Gasteiger partial charge in [0.2, 0.25) is 5.28 Å². The molecule has 102 valence electrons. The van der Waals surface area contributed by atoms with Crippen molar-refractivity contribution in [3.63, 3.8) is 0 Å². The third-order valence-corrected chi connectivity index (χ3v) is 5.25. The monoisotopic (exact) mass is 320 g/mol. The number of benzene rings is 1. The van der Waals surface area contributed by atoms with E-state index in [1.54, 1.807) is 23.1 Å². The maximum Gasteiger partial charge on any atom is 0.224 e. The Bertz CT molecular complexity index is 796. The van der Waals surface area contributed by atoms with E-state index in [2.05, 4.69) is 55.0 Å². The third kappa shape index (κ3) is 2.68. The fraction of sp³-hybridized carbons (Fsp3) is 0.200. The lowest BCUT2D eigenvalue weighted by Crippen LogP contribution is -1.87. The molecule has 0 N–H and O–H groups in total. The van der Waals surface area contributed by atoms with Crippen LogP contribution >= 0.6 is 34.7 Å². The van der Waals surface area contributed by atoms with Crippen LogP contribution in [0.5, 0.6) is 0 Å². The maximum absolute atomic E-state index is 6.03. The molecule has 0 amide bonds. The highest BCUT2D eigenvalue weighted by Crippen LogP contribution is 2.36. The number of rotatable bonds is 2. The second-order valence-electron chi connectivity index (χ2n) is 4.72. The number of hydrogen-bond acceptors (Lipinski definition) is 4. The fourth-order valence-corrected chi connectivity index (χ4v) is 4.16. The smallest absolute Gasteiger partial charge is 0.210 e. The summed E-state index contributed by atoms with van der Waals surface area (Å²) in [6, 6.07) is 8.56. The number of halogens is 1. The van der Waals surface area contributed by atoms with E-state index in [4.69, 9.17) is 11.6 Å². The van der Waals surface area contributed by atoms with Crippen molar-refractivity contribution < 1.29 is 0 Å². The quantitative estimate of drug-likeness (QED) is 0.465. The van der Waals surface area contributed by atoms with Crippen LogP contribution in [0, 0.1) is 20.8 Å². The molecule has 2 heterocycles. The number of thiophene rings is 1. The van der Waals surface area contributed by atoms with Gasteiger partial charge in [0.05, 0.1) is 0 Å². The van der Waals surface area contributed by atoms with Gasteiger partial charge in [-0.15, -0.1) is 11.3 Å². The van der Waals surface area contributed by atoms with Crippen LogP contribution in [0.15, 0.2) is 34.2 Å². The predicted octanol–water partition coefficient (Wildman–Crippen LogP) is 5.42. The Balaban J connectivity index is 2.07. The van der Waals surface area contributed by atoms with Crippen molar-refractivity contribution in [2.45, 2.75) is 30.7 Å². The molecule has 0 saturated heterocycles. The Morgan fingerprint density at radius 2 is 1.85 bits per heavy atom. The summed E-state index contributed by atoms with van der Waals surface area (Å²) in [6.45, 7) is 6.31. The molecule has 2 aromatic heterocycles. The standard InChI is InChI=1S/C15H13ClN2S2/c1-8-4-5-11(6-9(8)2)20-14-12-7-10(3)19-13(12)17-15(16)18-14/h4-7H,1-3H3. The van der Waals surface area contributed by atoms with Crippen molar-refractivity contribution in [1.82, 2.24) is 9.97 Å². The Labute approximate surface area is 131 Å². The van der Waals surface area contributed by atoms with Crippen LogP contribution in [0.25, 0.3) is 10.2 Å². The molecule has 0 fully saturated rings.